The number of aryl methyl sites for hydroxylation is 1. The molecule has 2 saturated heterocycles. The summed E-state index contributed by atoms with van der Waals surface area (Å²) >= 11 is 0. The highest BCUT2D eigenvalue weighted by Gasteiger charge is 2.21. The molecule has 2 fully saturated rings. The number of rotatable bonds is 9. The van der Waals surface area contributed by atoms with Crippen molar-refractivity contribution in [3.63, 3.8) is 0 Å². The predicted molar refractivity (Wildman–Crippen MR) is 138 cm³/mol. The number of halogens is 1. The molecule has 2 N–H and O–H groups in total. The van der Waals surface area contributed by atoms with Crippen LogP contribution in [0.1, 0.15) is 43.2 Å². The number of hydrogen-bond acceptors (Lipinski definition) is 7. The Kier molecular flexibility index (Phi) is 7.79. The first-order chi connectivity index (χ1) is 17.6. The van der Waals surface area contributed by atoms with E-state index in [0.717, 1.165) is 87.4 Å². The molecule has 1 aromatic carbocycles. The number of fused-ring (bicyclic) bond motifs is 1. The molecule has 0 amide bonds. The summed E-state index contributed by atoms with van der Waals surface area (Å²) in [5.41, 5.74) is 6.09. The van der Waals surface area contributed by atoms with Crippen LogP contribution in [0.3, 0.4) is 0 Å². The van der Waals surface area contributed by atoms with E-state index in [1.165, 1.54) is 6.07 Å². The van der Waals surface area contributed by atoms with Crippen molar-refractivity contribution >= 4 is 22.5 Å². The van der Waals surface area contributed by atoms with E-state index in [-0.39, 0.29) is 12.1 Å². The van der Waals surface area contributed by atoms with E-state index in [9.17, 15) is 4.39 Å². The quantitative estimate of drug-likeness (QED) is 0.433. The summed E-state index contributed by atoms with van der Waals surface area (Å²) in [6, 6.07) is 5.28. The fourth-order valence-electron chi connectivity index (χ4n) is 5.03. The van der Waals surface area contributed by atoms with Crippen molar-refractivity contribution in [2.24, 2.45) is 13.0 Å². The summed E-state index contributed by atoms with van der Waals surface area (Å²) in [5.74, 6) is 1.16. The maximum Gasteiger partial charge on any atom is 0.225 e. The molecule has 5 rings (SSSR count). The lowest BCUT2D eigenvalue weighted by atomic mass is 9.97. The van der Waals surface area contributed by atoms with Gasteiger partial charge in [-0.3, -0.25) is 5.48 Å². The van der Waals surface area contributed by atoms with Crippen molar-refractivity contribution in [3.05, 3.63) is 60.3 Å². The van der Waals surface area contributed by atoms with Gasteiger partial charge >= 0.3 is 0 Å². The van der Waals surface area contributed by atoms with Gasteiger partial charge in [-0.15, -0.1) is 0 Å². The Morgan fingerprint density at radius 3 is 2.75 bits per heavy atom. The number of benzene rings is 1. The van der Waals surface area contributed by atoms with Crippen LogP contribution in [-0.2, 0) is 23.2 Å². The number of hydrogen-bond donors (Lipinski definition) is 2. The molecule has 3 aromatic rings. The summed E-state index contributed by atoms with van der Waals surface area (Å²) in [6.07, 6.45) is 10.6. The summed E-state index contributed by atoms with van der Waals surface area (Å²) in [6.45, 7) is 8.28. The molecule has 9 heteroatoms. The van der Waals surface area contributed by atoms with Gasteiger partial charge in [-0.25, -0.2) is 19.2 Å². The molecule has 0 radical (unpaired) electrons. The first-order valence-corrected chi connectivity index (χ1v) is 12.8. The standard InChI is InChI=1S/C27H35FN6O2/c1-19(32-36-25-8-3-4-13-35-25)21-16-30-27(31-17-21)34-11-9-20(10-12-34)14-29-15-22-18-33(2)26-23(22)6-5-7-24(26)28/h5-7,16-18,20,25,29,32H,1,3-4,8-15H2,2H3. The zero-order valence-electron chi connectivity index (χ0n) is 20.9. The molecular weight excluding hydrogens is 459 g/mol. The highest BCUT2D eigenvalue weighted by Crippen LogP contribution is 2.24. The fraction of sp³-hybridized carbons (Fsp3) is 0.481. The fourth-order valence-corrected chi connectivity index (χ4v) is 5.03. The third-order valence-electron chi connectivity index (χ3n) is 7.12. The minimum atomic E-state index is -0.235. The predicted octanol–water partition coefficient (Wildman–Crippen LogP) is 4.13. The van der Waals surface area contributed by atoms with Crippen molar-refractivity contribution in [2.45, 2.75) is 44.9 Å². The second-order valence-corrected chi connectivity index (χ2v) is 9.73. The van der Waals surface area contributed by atoms with Crippen molar-refractivity contribution in [3.8, 4) is 0 Å². The molecule has 2 aromatic heterocycles. The number of nitrogens with one attached hydrogen (secondary N) is 2. The highest BCUT2D eigenvalue weighted by molar-refractivity contribution is 5.84. The van der Waals surface area contributed by atoms with Crippen LogP contribution >= 0.6 is 0 Å². The van der Waals surface area contributed by atoms with Gasteiger partial charge in [0.15, 0.2) is 6.29 Å². The van der Waals surface area contributed by atoms with Gasteiger partial charge in [0.1, 0.15) is 5.82 Å². The molecule has 0 spiro atoms. The lowest BCUT2D eigenvalue weighted by Crippen LogP contribution is -2.38. The Morgan fingerprint density at radius 1 is 1.19 bits per heavy atom. The van der Waals surface area contributed by atoms with Gasteiger partial charge in [-0.2, -0.15) is 0 Å². The zero-order valence-corrected chi connectivity index (χ0v) is 20.9. The molecule has 1 unspecified atom stereocenters. The van der Waals surface area contributed by atoms with Gasteiger partial charge in [-0.05, 0) is 49.8 Å². The number of nitrogens with zero attached hydrogens (tertiary/aromatic N) is 4. The zero-order chi connectivity index (χ0) is 24.9. The van der Waals surface area contributed by atoms with E-state index in [1.54, 1.807) is 18.5 Å². The van der Waals surface area contributed by atoms with Gasteiger partial charge in [0.05, 0.1) is 11.2 Å². The SMILES string of the molecule is C=C(NOC1CCCCO1)c1cnc(N2CCC(CNCc3cn(C)c4c(F)cccc34)CC2)nc1. The Morgan fingerprint density at radius 2 is 2.00 bits per heavy atom. The van der Waals surface area contributed by atoms with Gasteiger partial charge in [0, 0.05) is 69.2 Å². The summed E-state index contributed by atoms with van der Waals surface area (Å²) in [7, 11) is 1.89. The first-order valence-electron chi connectivity index (χ1n) is 12.8. The summed E-state index contributed by atoms with van der Waals surface area (Å²) in [5, 5.41) is 4.56. The number of aromatic nitrogens is 3. The summed E-state index contributed by atoms with van der Waals surface area (Å²) in [4.78, 5) is 16.9. The largest absolute Gasteiger partial charge is 0.350 e. The van der Waals surface area contributed by atoms with Crippen molar-refractivity contribution in [1.29, 1.82) is 0 Å². The Labute approximate surface area is 211 Å². The molecule has 0 saturated carbocycles. The Hall–Kier alpha value is -3.01. The van der Waals surface area contributed by atoms with E-state index < -0.39 is 0 Å². The van der Waals surface area contributed by atoms with Crippen molar-refractivity contribution in [1.82, 2.24) is 25.3 Å². The van der Waals surface area contributed by atoms with E-state index in [1.807, 2.05) is 23.9 Å². The third kappa shape index (κ3) is 5.69. The lowest BCUT2D eigenvalue weighted by Gasteiger charge is -2.32. The monoisotopic (exact) mass is 494 g/mol. The molecule has 0 aliphatic carbocycles. The van der Waals surface area contributed by atoms with E-state index >= 15 is 0 Å². The van der Waals surface area contributed by atoms with Gasteiger partial charge in [0.25, 0.3) is 0 Å². The van der Waals surface area contributed by atoms with Crippen LogP contribution in [0.25, 0.3) is 16.6 Å². The second kappa shape index (κ2) is 11.4. The maximum atomic E-state index is 14.1. The molecule has 192 valence electrons. The molecule has 0 bridgehead atoms. The van der Waals surface area contributed by atoms with E-state index in [0.29, 0.717) is 17.1 Å². The minimum Gasteiger partial charge on any atom is -0.350 e. The van der Waals surface area contributed by atoms with Crippen LogP contribution in [0.15, 0.2) is 43.4 Å². The molecule has 4 heterocycles. The smallest absolute Gasteiger partial charge is 0.225 e. The molecule has 36 heavy (non-hydrogen) atoms. The third-order valence-corrected chi connectivity index (χ3v) is 7.12. The van der Waals surface area contributed by atoms with Crippen LogP contribution in [-0.4, -0.2) is 47.1 Å². The highest BCUT2D eigenvalue weighted by atomic mass is 19.1. The van der Waals surface area contributed by atoms with Gasteiger partial charge in [0.2, 0.25) is 5.95 Å². The van der Waals surface area contributed by atoms with Crippen molar-refractivity contribution in [2.75, 3.05) is 31.1 Å². The lowest BCUT2D eigenvalue weighted by molar-refractivity contribution is -0.184. The maximum absolute atomic E-state index is 14.1. The van der Waals surface area contributed by atoms with Gasteiger partial charge in [-0.1, -0.05) is 18.7 Å². The van der Waals surface area contributed by atoms with Crippen LogP contribution in [0.2, 0.25) is 0 Å². The number of ether oxygens (including phenoxy) is 1. The van der Waals surface area contributed by atoms with E-state index in [2.05, 4.69) is 32.2 Å². The molecule has 2 aliphatic heterocycles. The van der Waals surface area contributed by atoms with Gasteiger partial charge < -0.3 is 19.5 Å². The van der Waals surface area contributed by atoms with Crippen LogP contribution in [0, 0.1) is 11.7 Å². The Balaban J connectivity index is 1.06. The number of para-hydroxylation sites is 1. The minimum absolute atomic E-state index is 0.174. The van der Waals surface area contributed by atoms with Crippen LogP contribution in [0.4, 0.5) is 10.3 Å². The van der Waals surface area contributed by atoms with E-state index in [4.69, 9.17) is 9.57 Å². The molecular formula is C27H35FN6O2. The number of piperidine rings is 1. The molecule has 2 aliphatic rings. The topological polar surface area (TPSA) is 76.5 Å². The second-order valence-electron chi connectivity index (χ2n) is 9.73. The molecule has 8 nitrogen and oxygen atoms in total. The summed E-state index contributed by atoms with van der Waals surface area (Å²) < 4.78 is 21.6. The average Bonchev–Trinajstić information content (AvgIpc) is 3.24. The van der Waals surface area contributed by atoms with Crippen molar-refractivity contribution < 1.29 is 14.0 Å². The Bertz CT molecular complexity index is 1170. The van der Waals surface area contributed by atoms with Crippen LogP contribution in [0.5, 0.6) is 0 Å². The molecule has 1 atom stereocenters. The number of anilines is 1. The normalized spacial score (nSPS) is 19.1. The average molecular weight is 495 g/mol. The first kappa shape index (κ1) is 24.7. The number of hydroxylamine groups is 1. The van der Waals surface area contributed by atoms with Crippen LogP contribution < -0.4 is 15.7 Å².